The van der Waals surface area contributed by atoms with Crippen molar-refractivity contribution in [2.45, 2.75) is 19.4 Å². The van der Waals surface area contributed by atoms with Crippen LogP contribution in [0.5, 0.6) is 0 Å². The van der Waals surface area contributed by atoms with E-state index >= 15 is 0 Å². The van der Waals surface area contributed by atoms with Gasteiger partial charge >= 0.3 is 12.0 Å². The number of carbonyl (C=O) groups is 2. The number of carbonyl (C=O) groups excluding carboxylic acids is 1. The topological polar surface area (TPSA) is 72.9 Å². The van der Waals surface area contributed by atoms with Crippen molar-refractivity contribution in [3.63, 3.8) is 0 Å². The zero-order valence-electron chi connectivity index (χ0n) is 9.77. The fraction of sp³-hybridized carbons (Fsp3) is 0.800. The number of rotatable bonds is 3. The monoisotopic (exact) mass is 229 g/mol. The van der Waals surface area contributed by atoms with Gasteiger partial charge in [-0.3, -0.25) is 0 Å². The number of hydrogen-bond acceptors (Lipinski definition) is 3. The number of likely N-dealkylation sites (N-methyl/N-ethyl adjacent to an activating group) is 1. The third kappa shape index (κ3) is 3.37. The van der Waals surface area contributed by atoms with Gasteiger partial charge in [-0.1, -0.05) is 6.92 Å². The van der Waals surface area contributed by atoms with E-state index in [0.29, 0.717) is 19.5 Å². The number of carboxylic acid groups (broad SMARTS) is 1. The molecule has 6 nitrogen and oxygen atoms in total. The molecule has 0 bridgehead atoms. The van der Waals surface area contributed by atoms with E-state index in [2.05, 4.69) is 10.2 Å². The second-order valence-electron chi connectivity index (χ2n) is 4.04. The van der Waals surface area contributed by atoms with E-state index < -0.39 is 12.0 Å². The fourth-order valence-electron chi connectivity index (χ4n) is 1.59. The summed E-state index contributed by atoms with van der Waals surface area (Å²) in [4.78, 5) is 26.3. The summed E-state index contributed by atoms with van der Waals surface area (Å²) in [5, 5.41) is 11.3. The third-order valence-electron chi connectivity index (χ3n) is 2.79. The van der Waals surface area contributed by atoms with Crippen molar-refractivity contribution in [1.29, 1.82) is 0 Å². The Labute approximate surface area is 95.2 Å². The first-order valence-electron chi connectivity index (χ1n) is 5.51. The van der Waals surface area contributed by atoms with Crippen molar-refractivity contribution < 1.29 is 14.7 Å². The average molecular weight is 229 g/mol. The normalized spacial score (nSPS) is 19.2. The lowest BCUT2D eigenvalue weighted by molar-refractivity contribution is -0.139. The molecule has 1 atom stereocenters. The number of piperazine rings is 1. The molecule has 1 rings (SSSR count). The summed E-state index contributed by atoms with van der Waals surface area (Å²) in [5.41, 5.74) is 0. The van der Waals surface area contributed by atoms with Gasteiger partial charge in [0.2, 0.25) is 0 Å². The summed E-state index contributed by atoms with van der Waals surface area (Å²) in [6.07, 6.45) is 0.398. The Morgan fingerprint density at radius 2 is 1.88 bits per heavy atom. The molecule has 1 fully saturated rings. The molecule has 2 N–H and O–H groups in total. The van der Waals surface area contributed by atoms with Crippen LogP contribution in [0.4, 0.5) is 4.79 Å². The molecule has 0 saturated carbocycles. The van der Waals surface area contributed by atoms with Crippen molar-refractivity contribution in [2.75, 3.05) is 33.2 Å². The summed E-state index contributed by atoms with van der Waals surface area (Å²) >= 11 is 0. The lowest BCUT2D eigenvalue weighted by Gasteiger charge is -2.33. The zero-order chi connectivity index (χ0) is 12.1. The molecule has 2 amide bonds. The number of amides is 2. The quantitative estimate of drug-likeness (QED) is 0.703. The van der Waals surface area contributed by atoms with Gasteiger partial charge in [-0.25, -0.2) is 9.59 Å². The van der Waals surface area contributed by atoms with Crippen molar-refractivity contribution in [2.24, 2.45) is 0 Å². The van der Waals surface area contributed by atoms with Gasteiger partial charge in [0.05, 0.1) is 0 Å². The maximum atomic E-state index is 11.7. The van der Waals surface area contributed by atoms with Gasteiger partial charge < -0.3 is 20.2 Å². The highest BCUT2D eigenvalue weighted by atomic mass is 16.4. The Kier molecular flexibility index (Phi) is 4.54. The molecule has 0 spiro atoms. The van der Waals surface area contributed by atoms with Crippen LogP contribution in [0.3, 0.4) is 0 Å². The van der Waals surface area contributed by atoms with Gasteiger partial charge in [0.25, 0.3) is 0 Å². The molecule has 1 aliphatic rings. The fourth-order valence-corrected chi connectivity index (χ4v) is 1.59. The minimum atomic E-state index is -0.982. The highest BCUT2D eigenvalue weighted by Crippen LogP contribution is 2.01. The van der Waals surface area contributed by atoms with Crippen LogP contribution in [-0.2, 0) is 4.79 Å². The lowest BCUT2D eigenvalue weighted by atomic mass is 10.2. The second kappa shape index (κ2) is 5.69. The van der Waals surface area contributed by atoms with Crippen LogP contribution in [0.2, 0.25) is 0 Å². The van der Waals surface area contributed by atoms with Gasteiger partial charge in [0.15, 0.2) is 0 Å². The van der Waals surface area contributed by atoms with E-state index in [0.717, 1.165) is 13.1 Å². The van der Waals surface area contributed by atoms with Crippen LogP contribution >= 0.6 is 0 Å². The molecule has 0 radical (unpaired) electrons. The number of urea groups is 1. The highest BCUT2D eigenvalue weighted by molar-refractivity contribution is 5.82. The Hall–Kier alpha value is -1.30. The van der Waals surface area contributed by atoms with E-state index in [1.807, 2.05) is 7.05 Å². The summed E-state index contributed by atoms with van der Waals surface area (Å²) in [7, 11) is 2.00. The van der Waals surface area contributed by atoms with Gasteiger partial charge in [0, 0.05) is 26.2 Å². The molecule has 6 heteroatoms. The SMILES string of the molecule is CC[C@@H](NC(=O)N1CCN(C)CC1)C(=O)O. The molecule has 1 heterocycles. The van der Waals surface area contributed by atoms with E-state index in [1.54, 1.807) is 11.8 Å². The van der Waals surface area contributed by atoms with Crippen LogP contribution in [0.1, 0.15) is 13.3 Å². The predicted molar refractivity (Wildman–Crippen MR) is 59.3 cm³/mol. The molecule has 1 aliphatic heterocycles. The van der Waals surface area contributed by atoms with Gasteiger partial charge in [-0.05, 0) is 13.5 Å². The van der Waals surface area contributed by atoms with Crippen LogP contribution in [0.15, 0.2) is 0 Å². The maximum absolute atomic E-state index is 11.7. The number of nitrogens with zero attached hydrogens (tertiary/aromatic N) is 2. The number of hydrogen-bond donors (Lipinski definition) is 2. The van der Waals surface area contributed by atoms with Crippen LogP contribution < -0.4 is 5.32 Å². The second-order valence-corrected chi connectivity index (χ2v) is 4.04. The number of aliphatic carboxylic acids is 1. The first-order valence-corrected chi connectivity index (χ1v) is 5.51. The summed E-state index contributed by atoms with van der Waals surface area (Å²) in [5.74, 6) is -0.982. The first-order chi connectivity index (χ1) is 7.54. The number of nitrogens with one attached hydrogen (secondary N) is 1. The highest BCUT2D eigenvalue weighted by Gasteiger charge is 2.23. The molecule has 0 aromatic rings. The third-order valence-corrected chi connectivity index (χ3v) is 2.79. The Balaban J connectivity index is 2.42. The van der Waals surface area contributed by atoms with Crippen molar-refractivity contribution in [3.05, 3.63) is 0 Å². The summed E-state index contributed by atoms with van der Waals surface area (Å²) in [6.45, 7) is 4.70. The van der Waals surface area contributed by atoms with Crippen molar-refractivity contribution >= 4 is 12.0 Å². The average Bonchev–Trinajstić information content (AvgIpc) is 2.26. The molecule has 1 saturated heterocycles. The lowest BCUT2D eigenvalue weighted by Crippen LogP contribution is -2.53. The molecule has 0 unspecified atom stereocenters. The van der Waals surface area contributed by atoms with Crippen LogP contribution in [0.25, 0.3) is 0 Å². The smallest absolute Gasteiger partial charge is 0.326 e. The van der Waals surface area contributed by atoms with Gasteiger partial charge in [-0.15, -0.1) is 0 Å². The first kappa shape index (κ1) is 12.8. The van der Waals surface area contributed by atoms with Gasteiger partial charge in [-0.2, -0.15) is 0 Å². The molecule has 0 aliphatic carbocycles. The van der Waals surface area contributed by atoms with Crippen molar-refractivity contribution in [1.82, 2.24) is 15.1 Å². The van der Waals surface area contributed by atoms with E-state index in [9.17, 15) is 9.59 Å². The number of carboxylic acids is 1. The standard InChI is InChI=1S/C10H19N3O3/c1-3-8(9(14)15)11-10(16)13-6-4-12(2)5-7-13/h8H,3-7H2,1-2H3,(H,11,16)(H,14,15)/t8-/m1/s1. The predicted octanol–water partition coefficient (Wildman–Crippen LogP) is -0.193. The van der Waals surface area contributed by atoms with Crippen LogP contribution in [0, 0.1) is 0 Å². The Bertz CT molecular complexity index is 262. The van der Waals surface area contributed by atoms with E-state index in [1.165, 1.54) is 0 Å². The molecular formula is C10H19N3O3. The van der Waals surface area contributed by atoms with Gasteiger partial charge in [0.1, 0.15) is 6.04 Å². The molecule has 0 aromatic carbocycles. The largest absolute Gasteiger partial charge is 0.480 e. The van der Waals surface area contributed by atoms with Crippen molar-refractivity contribution in [3.8, 4) is 0 Å². The Morgan fingerprint density at radius 1 is 1.31 bits per heavy atom. The maximum Gasteiger partial charge on any atom is 0.326 e. The summed E-state index contributed by atoms with van der Waals surface area (Å²) in [6, 6.07) is -1.06. The summed E-state index contributed by atoms with van der Waals surface area (Å²) < 4.78 is 0. The van der Waals surface area contributed by atoms with E-state index in [4.69, 9.17) is 5.11 Å². The molecule has 92 valence electrons. The van der Waals surface area contributed by atoms with E-state index in [-0.39, 0.29) is 6.03 Å². The minimum Gasteiger partial charge on any atom is -0.480 e. The Morgan fingerprint density at radius 3 is 2.31 bits per heavy atom. The zero-order valence-corrected chi connectivity index (χ0v) is 9.77. The van der Waals surface area contributed by atoms with Crippen LogP contribution in [-0.4, -0.2) is 66.2 Å². The minimum absolute atomic E-state index is 0.276. The molecule has 0 aromatic heterocycles. The molecule has 16 heavy (non-hydrogen) atoms. The molecular weight excluding hydrogens is 210 g/mol.